The summed E-state index contributed by atoms with van der Waals surface area (Å²) in [6.07, 6.45) is 7.22. The second kappa shape index (κ2) is 12.9. The van der Waals surface area contributed by atoms with Gasteiger partial charge in [-0.1, -0.05) is 96.0 Å². The van der Waals surface area contributed by atoms with Crippen LogP contribution < -0.4 is 0 Å². The minimum Gasteiger partial charge on any atom is -0.227 e. The Labute approximate surface area is 255 Å². The first-order valence-corrected chi connectivity index (χ1v) is 15.9. The van der Waals surface area contributed by atoms with E-state index in [2.05, 4.69) is 45.2 Å². The predicted octanol–water partition coefficient (Wildman–Crippen LogP) is 9.83. The van der Waals surface area contributed by atoms with Crippen LogP contribution in [-0.4, -0.2) is 8.42 Å². The summed E-state index contributed by atoms with van der Waals surface area (Å²) in [6, 6.07) is 29.8. The van der Waals surface area contributed by atoms with Crippen molar-refractivity contribution in [3.63, 3.8) is 0 Å². The number of halogens is 4. The average molecular weight is 771 g/mol. The van der Waals surface area contributed by atoms with Crippen molar-refractivity contribution < 1.29 is 8.42 Å². The number of benzene rings is 4. The highest BCUT2D eigenvalue weighted by molar-refractivity contribution is 14.1. The van der Waals surface area contributed by atoms with Gasteiger partial charge < -0.3 is 0 Å². The van der Waals surface area contributed by atoms with Crippen LogP contribution >= 0.6 is 68.4 Å². The molecule has 7 heteroatoms. The van der Waals surface area contributed by atoms with Crippen molar-refractivity contribution in [3.8, 4) is 0 Å². The molecule has 188 valence electrons. The number of rotatable bonds is 8. The van der Waals surface area contributed by atoms with Crippen LogP contribution in [0.4, 0.5) is 0 Å². The van der Waals surface area contributed by atoms with Crippen molar-refractivity contribution >= 4 is 90.4 Å². The van der Waals surface area contributed by atoms with Gasteiger partial charge in [0.25, 0.3) is 0 Å². The zero-order valence-electron chi connectivity index (χ0n) is 19.4. The van der Waals surface area contributed by atoms with Crippen LogP contribution in [0.3, 0.4) is 0 Å². The molecule has 0 bridgehead atoms. The molecule has 4 aromatic carbocycles. The van der Waals surface area contributed by atoms with Crippen molar-refractivity contribution in [3.05, 3.63) is 149 Å². The van der Waals surface area contributed by atoms with Gasteiger partial charge in [-0.25, -0.2) is 8.42 Å². The van der Waals surface area contributed by atoms with Crippen molar-refractivity contribution in [2.75, 3.05) is 0 Å². The summed E-state index contributed by atoms with van der Waals surface area (Å²) in [5.41, 5.74) is 3.14. The lowest BCUT2D eigenvalue weighted by Gasteiger charge is -2.22. The fraction of sp³-hybridized carbons (Fsp3) is 0.0667. The molecule has 0 N–H and O–H groups in total. The molecule has 0 fully saturated rings. The maximum atomic E-state index is 14.4. The molecule has 0 aliphatic rings. The molecule has 0 saturated carbocycles. The molecule has 0 amide bonds. The largest absolute Gasteiger partial charge is 0.227 e. The lowest BCUT2D eigenvalue weighted by Crippen LogP contribution is -2.19. The topological polar surface area (TPSA) is 34.1 Å². The summed E-state index contributed by atoms with van der Waals surface area (Å²) < 4.78 is 31.0. The Morgan fingerprint density at radius 1 is 0.541 bits per heavy atom. The van der Waals surface area contributed by atoms with Crippen LogP contribution in [0.2, 0.25) is 10.0 Å². The molecule has 4 rings (SSSR count). The molecule has 0 heterocycles. The molecule has 0 aromatic heterocycles. The first kappa shape index (κ1) is 28.4. The Kier molecular flexibility index (Phi) is 9.91. The Morgan fingerprint density at radius 3 is 1.19 bits per heavy atom. The maximum Gasteiger partial charge on any atom is 0.171 e. The summed E-state index contributed by atoms with van der Waals surface area (Å²) in [7, 11) is -3.81. The summed E-state index contributed by atoms with van der Waals surface area (Å²) in [5, 5.41) is -0.694. The molecule has 0 aliphatic heterocycles. The lowest BCUT2D eigenvalue weighted by molar-refractivity contribution is 0.584. The predicted molar refractivity (Wildman–Crippen MR) is 174 cm³/mol. The van der Waals surface area contributed by atoms with E-state index in [4.69, 9.17) is 23.2 Å². The van der Waals surface area contributed by atoms with Gasteiger partial charge in [0.2, 0.25) is 0 Å². The Balaban J connectivity index is 1.81. The maximum absolute atomic E-state index is 14.4. The van der Waals surface area contributed by atoms with E-state index in [1.165, 1.54) is 0 Å². The van der Waals surface area contributed by atoms with Gasteiger partial charge in [0.1, 0.15) is 10.5 Å². The number of hydrogen-bond acceptors (Lipinski definition) is 2. The molecule has 37 heavy (non-hydrogen) atoms. The highest BCUT2D eigenvalue weighted by atomic mass is 127. The third kappa shape index (κ3) is 7.69. The molecular formula is C30H22Cl2I2O2S. The smallest absolute Gasteiger partial charge is 0.171 e. The van der Waals surface area contributed by atoms with E-state index in [0.29, 0.717) is 21.2 Å². The fourth-order valence-corrected chi connectivity index (χ4v) is 6.78. The minimum atomic E-state index is -3.81. The van der Waals surface area contributed by atoms with Gasteiger partial charge in [0.05, 0.1) is 0 Å². The molecule has 0 radical (unpaired) electrons. The number of sulfone groups is 1. The van der Waals surface area contributed by atoms with Gasteiger partial charge in [0, 0.05) is 17.2 Å². The molecule has 2 atom stereocenters. The van der Waals surface area contributed by atoms with E-state index in [1.807, 2.05) is 60.7 Å². The van der Waals surface area contributed by atoms with Crippen LogP contribution in [0.25, 0.3) is 12.2 Å². The number of hydrogen-bond donors (Lipinski definition) is 0. The normalized spacial score (nSPS) is 13.7. The van der Waals surface area contributed by atoms with Gasteiger partial charge in [-0.3, -0.25) is 0 Å². The zero-order chi connectivity index (χ0) is 26.4. The molecule has 4 aromatic rings. The highest BCUT2D eigenvalue weighted by Crippen LogP contribution is 2.38. The second-order valence-electron chi connectivity index (χ2n) is 8.35. The van der Waals surface area contributed by atoms with Crippen molar-refractivity contribution in [1.82, 2.24) is 0 Å². The second-order valence-corrected chi connectivity index (χ2v) is 13.9. The third-order valence-electron chi connectivity index (χ3n) is 5.77. The zero-order valence-corrected chi connectivity index (χ0v) is 26.1. The van der Waals surface area contributed by atoms with Crippen molar-refractivity contribution in [2.45, 2.75) is 10.5 Å². The fourth-order valence-electron chi connectivity index (χ4n) is 3.83. The van der Waals surface area contributed by atoms with Gasteiger partial charge in [-0.15, -0.1) is 0 Å². The van der Waals surface area contributed by atoms with E-state index in [1.54, 1.807) is 60.7 Å². The summed E-state index contributed by atoms with van der Waals surface area (Å²) in [4.78, 5) is 0. The summed E-state index contributed by atoms with van der Waals surface area (Å²) in [5.74, 6) is 0. The third-order valence-corrected chi connectivity index (χ3v) is 9.99. The van der Waals surface area contributed by atoms with E-state index < -0.39 is 20.3 Å². The van der Waals surface area contributed by atoms with Crippen molar-refractivity contribution in [2.24, 2.45) is 0 Å². The van der Waals surface area contributed by atoms with Crippen LogP contribution in [0, 0.1) is 7.14 Å². The first-order chi connectivity index (χ1) is 17.7. The quantitative estimate of drug-likeness (QED) is 0.167. The SMILES string of the molecule is O=S(=O)(C(C=Cc1ccc(I)cc1)c1ccc(Cl)cc1)C(C=Cc1ccc(I)cc1)c1ccc(Cl)cc1. The Hall–Kier alpha value is -1.65. The van der Waals surface area contributed by atoms with Crippen LogP contribution in [0.5, 0.6) is 0 Å². The molecular weight excluding hydrogens is 749 g/mol. The average Bonchev–Trinajstić information content (AvgIpc) is 2.88. The van der Waals surface area contributed by atoms with Crippen LogP contribution in [0.15, 0.2) is 109 Å². The molecule has 0 saturated heterocycles. The van der Waals surface area contributed by atoms with E-state index >= 15 is 0 Å². The van der Waals surface area contributed by atoms with Gasteiger partial charge in [-0.2, -0.15) is 0 Å². The summed E-state index contributed by atoms with van der Waals surface area (Å²) >= 11 is 16.7. The molecule has 0 spiro atoms. The van der Waals surface area contributed by atoms with E-state index in [9.17, 15) is 8.42 Å². The van der Waals surface area contributed by atoms with E-state index in [-0.39, 0.29) is 0 Å². The standard InChI is InChI=1S/C30H22Cl2I2O2S/c31-25-11-7-23(8-12-25)29(19-5-21-1-15-27(33)16-2-21)37(35,36)30(24-9-13-26(32)14-10-24)20-6-22-3-17-28(34)18-4-22/h1-20,29-30H. The first-order valence-electron chi connectivity index (χ1n) is 11.3. The van der Waals surface area contributed by atoms with Crippen LogP contribution in [0.1, 0.15) is 32.8 Å². The summed E-state index contributed by atoms with van der Waals surface area (Å²) in [6.45, 7) is 0. The van der Waals surface area contributed by atoms with Crippen molar-refractivity contribution in [1.29, 1.82) is 0 Å². The molecule has 2 unspecified atom stereocenters. The monoisotopic (exact) mass is 770 g/mol. The van der Waals surface area contributed by atoms with E-state index in [0.717, 1.165) is 18.3 Å². The van der Waals surface area contributed by atoms with Crippen LogP contribution in [-0.2, 0) is 9.84 Å². The Morgan fingerprint density at radius 2 is 0.865 bits per heavy atom. The minimum absolute atomic E-state index is 0.550. The van der Waals surface area contributed by atoms with Gasteiger partial charge in [0.15, 0.2) is 9.84 Å². The molecule has 0 aliphatic carbocycles. The van der Waals surface area contributed by atoms with Gasteiger partial charge in [-0.05, 0) is 116 Å². The Bertz CT molecular complexity index is 1390. The van der Waals surface area contributed by atoms with Gasteiger partial charge >= 0.3 is 0 Å². The molecule has 2 nitrogen and oxygen atoms in total. The lowest BCUT2D eigenvalue weighted by atomic mass is 10.1. The highest BCUT2D eigenvalue weighted by Gasteiger charge is 2.33.